The Kier molecular flexibility index (Phi) is 3.83. The first-order valence-corrected chi connectivity index (χ1v) is 6.68. The zero-order chi connectivity index (χ0) is 12.4. The summed E-state index contributed by atoms with van der Waals surface area (Å²) in [5.41, 5.74) is 2.49. The second-order valence-corrected chi connectivity index (χ2v) is 5.42. The van der Waals surface area contributed by atoms with Crippen LogP contribution in [0.4, 0.5) is 11.8 Å². The average molecular weight is 300 g/mol. The van der Waals surface area contributed by atoms with Crippen molar-refractivity contribution in [2.45, 2.75) is 32.7 Å². The van der Waals surface area contributed by atoms with E-state index >= 15 is 0 Å². The molecule has 0 bridgehead atoms. The van der Waals surface area contributed by atoms with E-state index in [4.69, 9.17) is 5.84 Å². The summed E-state index contributed by atoms with van der Waals surface area (Å²) in [6.07, 6.45) is 4.22. The van der Waals surface area contributed by atoms with Crippen molar-refractivity contribution in [1.29, 1.82) is 0 Å². The Morgan fingerprint density at radius 2 is 2.29 bits per heavy atom. The summed E-state index contributed by atoms with van der Waals surface area (Å²) in [7, 11) is 0. The summed E-state index contributed by atoms with van der Waals surface area (Å²) in [6, 6.07) is 0.487. The van der Waals surface area contributed by atoms with Gasteiger partial charge in [-0.05, 0) is 41.6 Å². The Labute approximate surface area is 110 Å². The molecule has 0 saturated carbocycles. The van der Waals surface area contributed by atoms with Crippen LogP contribution in [-0.4, -0.2) is 22.6 Å². The summed E-state index contributed by atoms with van der Waals surface area (Å²) >= 11 is 3.51. The number of nitrogens with zero attached hydrogens (tertiary/aromatic N) is 3. The van der Waals surface area contributed by atoms with E-state index in [9.17, 15) is 0 Å². The molecule has 94 valence electrons. The molecule has 0 aliphatic carbocycles. The molecule has 1 aromatic rings. The van der Waals surface area contributed by atoms with E-state index in [-0.39, 0.29) is 0 Å². The maximum absolute atomic E-state index is 5.35. The van der Waals surface area contributed by atoms with E-state index in [0.29, 0.717) is 17.9 Å². The predicted octanol–water partition coefficient (Wildman–Crippen LogP) is 2.15. The smallest absolute Gasteiger partial charge is 0.239 e. The number of piperidine rings is 1. The molecular formula is C11H18BrN5. The zero-order valence-corrected chi connectivity index (χ0v) is 11.7. The monoisotopic (exact) mass is 299 g/mol. The van der Waals surface area contributed by atoms with Crippen LogP contribution in [0.5, 0.6) is 0 Å². The second kappa shape index (κ2) is 5.18. The number of rotatable bonds is 2. The van der Waals surface area contributed by atoms with Gasteiger partial charge in [0.1, 0.15) is 5.82 Å². The number of anilines is 2. The van der Waals surface area contributed by atoms with Crippen LogP contribution in [0.2, 0.25) is 0 Å². The van der Waals surface area contributed by atoms with Crippen molar-refractivity contribution >= 4 is 27.7 Å². The lowest BCUT2D eigenvalue weighted by Crippen LogP contribution is -2.43. The number of nitrogen functional groups attached to an aromatic ring is 1. The maximum Gasteiger partial charge on any atom is 0.239 e. The standard InChI is InChI=1S/C11H18BrN5/c1-7-4-3-5-17(8(7)2)10-9(12)6-14-11(15-10)16-13/h6-8H,3-5,13H2,1-2H3,(H,14,15,16). The SMILES string of the molecule is CC1CCCN(c2nc(NN)ncc2Br)C1C. The van der Waals surface area contributed by atoms with Crippen LogP contribution in [0, 0.1) is 5.92 Å². The van der Waals surface area contributed by atoms with Crippen LogP contribution < -0.4 is 16.2 Å². The van der Waals surface area contributed by atoms with Crippen LogP contribution in [0.1, 0.15) is 26.7 Å². The second-order valence-electron chi connectivity index (χ2n) is 4.56. The number of halogens is 1. The Morgan fingerprint density at radius 1 is 1.53 bits per heavy atom. The van der Waals surface area contributed by atoms with Crippen LogP contribution in [-0.2, 0) is 0 Å². The van der Waals surface area contributed by atoms with Gasteiger partial charge in [-0.2, -0.15) is 4.98 Å². The number of aromatic nitrogens is 2. The van der Waals surface area contributed by atoms with Crippen molar-refractivity contribution in [3.05, 3.63) is 10.7 Å². The van der Waals surface area contributed by atoms with Crippen LogP contribution in [0.15, 0.2) is 10.7 Å². The molecule has 5 nitrogen and oxygen atoms in total. The van der Waals surface area contributed by atoms with E-state index < -0.39 is 0 Å². The van der Waals surface area contributed by atoms with Crippen molar-refractivity contribution < 1.29 is 0 Å². The van der Waals surface area contributed by atoms with Gasteiger partial charge in [0.2, 0.25) is 5.95 Å². The molecule has 0 radical (unpaired) electrons. The normalized spacial score (nSPS) is 24.8. The van der Waals surface area contributed by atoms with Gasteiger partial charge in [0.25, 0.3) is 0 Å². The first-order valence-electron chi connectivity index (χ1n) is 5.89. The summed E-state index contributed by atoms with van der Waals surface area (Å²) in [5, 5.41) is 0. The summed E-state index contributed by atoms with van der Waals surface area (Å²) in [5.74, 6) is 7.41. The number of hydrogen-bond acceptors (Lipinski definition) is 5. The molecule has 1 fully saturated rings. The molecule has 17 heavy (non-hydrogen) atoms. The molecule has 2 rings (SSSR count). The molecule has 1 aromatic heterocycles. The lowest BCUT2D eigenvalue weighted by atomic mass is 9.92. The number of hydrogen-bond donors (Lipinski definition) is 2. The number of hydrazine groups is 1. The third-order valence-corrected chi connectivity index (χ3v) is 4.06. The molecule has 1 saturated heterocycles. The highest BCUT2D eigenvalue weighted by Gasteiger charge is 2.27. The zero-order valence-electron chi connectivity index (χ0n) is 10.2. The van der Waals surface area contributed by atoms with E-state index in [1.165, 1.54) is 12.8 Å². The summed E-state index contributed by atoms with van der Waals surface area (Å²) in [6.45, 7) is 5.56. The molecular weight excluding hydrogens is 282 g/mol. The van der Waals surface area contributed by atoms with Crippen LogP contribution in [0.3, 0.4) is 0 Å². The van der Waals surface area contributed by atoms with Gasteiger partial charge in [-0.3, -0.25) is 5.43 Å². The van der Waals surface area contributed by atoms with Gasteiger partial charge < -0.3 is 4.90 Å². The molecule has 2 unspecified atom stereocenters. The molecule has 6 heteroatoms. The topological polar surface area (TPSA) is 67.1 Å². The lowest BCUT2D eigenvalue weighted by Gasteiger charge is -2.39. The quantitative estimate of drug-likeness (QED) is 0.647. The van der Waals surface area contributed by atoms with Crippen molar-refractivity contribution in [1.82, 2.24) is 9.97 Å². The number of nitrogens with one attached hydrogen (secondary N) is 1. The molecule has 0 spiro atoms. The van der Waals surface area contributed by atoms with Crippen molar-refractivity contribution in [2.75, 3.05) is 16.9 Å². The third kappa shape index (κ3) is 2.52. The van der Waals surface area contributed by atoms with Gasteiger partial charge in [0.15, 0.2) is 0 Å². The molecule has 0 aromatic carbocycles. The highest BCUT2D eigenvalue weighted by atomic mass is 79.9. The number of nitrogens with two attached hydrogens (primary N) is 1. The van der Waals surface area contributed by atoms with Gasteiger partial charge in [-0.15, -0.1) is 0 Å². The molecule has 2 atom stereocenters. The predicted molar refractivity (Wildman–Crippen MR) is 72.7 cm³/mol. The fourth-order valence-electron chi connectivity index (χ4n) is 2.26. The minimum Gasteiger partial charge on any atom is -0.353 e. The Hall–Kier alpha value is -0.880. The van der Waals surface area contributed by atoms with E-state index in [1.54, 1.807) is 6.20 Å². The summed E-state index contributed by atoms with van der Waals surface area (Å²) in [4.78, 5) is 10.8. The van der Waals surface area contributed by atoms with Crippen molar-refractivity contribution in [2.24, 2.45) is 11.8 Å². The van der Waals surface area contributed by atoms with Gasteiger partial charge >= 0.3 is 0 Å². The molecule has 2 heterocycles. The van der Waals surface area contributed by atoms with Gasteiger partial charge in [-0.1, -0.05) is 6.92 Å². The Bertz CT molecular complexity index is 397. The Balaban J connectivity index is 2.31. The molecule has 3 N–H and O–H groups in total. The van der Waals surface area contributed by atoms with E-state index in [0.717, 1.165) is 16.8 Å². The molecule has 0 amide bonds. The van der Waals surface area contributed by atoms with Crippen LogP contribution >= 0.6 is 15.9 Å². The van der Waals surface area contributed by atoms with Gasteiger partial charge in [-0.25, -0.2) is 10.8 Å². The fourth-order valence-corrected chi connectivity index (χ4v) is 2.68. The highest BCUT2D eigenvalue weighted by molar-refractivity contribution is 9.10. The average Bonchev–Trinajstić information content (AvgIpc) is 2.34. The first kappa shape index (κ1) is 12.6. The highest BCUT2D eigenvalue weighted by Crippen LogP contribution is 2.32. The minimum atomic E-state index is 0.452. The van der Waals surface area contributed by atoms with Crippen molar-refractivity contribution in [3.63, 3.8) is 0 Å². The molecule has 1 aliphatic heterocycles. The lowest BCUT2D eigenvalue weighted by molar-refractivity contribution is 0.361. The van der Waals surface area contributed by atoms with Gasteiger partial charge in [0.05, 0.1) is 4.47 Å². The first-order chi connectivity index (χ1) is 8.13. The largest absolute Gasteiger partial charge is 0.353 e. The van der Waals surface area contributed by atoms with Crippen molar-refractivity contribution in [3.8, 4) is 0 Å². The van der Waals surface area contributed by atoms with Gasteiger partial charge in [0, 0.05) is 18.8 Å². The van der Waals surface area contributed by atoms with E-state index in [2.05, 4.69) is 50.1 Å². The maximum atomic E-state index is 5.35. The fraction of sp³-hybridized carbons (Fsp3) is 0.636. The Morgan fingerprint density at radius 3 is 3.00 bits per heavy atom. The minimum absolute atomic E-state index is 0.452. The third-order valence-electron chi connectivity index (χ3n) is 3.50. The van der Waals surface area contributed by atoms with Crippen LogP contribution in [0.25, 0.3) is 0 Å². The molecule has 1 aliphatic rings. The summed E-state index contributed by atoms with van der Waals surface area (Å²) < 4.78 is 0.914. The van der Waals surface area contributed by atoms with E-state index in [1.807, 2.05) is 0 Å².